The molecule has 1 unspecified atom stereocenters. The van der Waals surface area contributed by atoms with Gasteiger partial charge in [0, 0.05) is 13.6 Å². The number of carbonyl (C=O) groups excluding carboxylic acids is 2. The lowest BCUT2D eigenvalue weighted by Gasteiger charge is -2.21. The molecule has 0 radical (unpaired) electrons. The van der Waals surface area contributed by atoms with E-state index >= 15 is 0 Å². The number of carbonyl (C=O) groups is 2. The van der Waals surface area contributed by atoms with Crippen molar-refractivity contribution in [1.29, 1.82) is 0 Å². The molecule has 118 valence electrons. The minimum Gasteiger partial charge on any atom is -0.370 e. The van der Waals surface area contributed by atoms with E-state index in [9.17, 15) is 9.59 Å². The first-order chi connectivity index (χ1) is 9.31. The molecule has 0 aliphatic rings. The van der Waals surface area contributed by atoms with E-state index in [4.69, 9.17) is 11.5 Å². The van der Waals surface area contributed by atoms with Gasteiger partial charge in [-0.05, 0) is 17.0 Å². The summed E-state index contributed by atoms with van der Waals surface area (Å²) < 4.78 is 0. The molecule has 6 heteroatoms. The number of likely N-dealkylation sites (N-methyl/N-ethyl adjacent to an activating group) is 1. The molecular formula is C15H24ClN3O2. The molecule has 0 heterocycles. The van der Waals surface area contributed by atoms with Gasteiger partial charge in [0.05, 0.1) is 12.5 Å². The molecular weight excluding hydrogens is 290 g/mol. The number of benzene rings is 1. The second kappa shape index (κ2) is 8.64. The molecule has 0 saturated carbocycles. The van der Waals surface area contributed by atoms with Crippen molar-refractivity contribution in [2.45, 2.75) is 38.8 Å². The minimum absolute atomic E-state index is 0. The Kier molecular flexibility index (Phi) is 7.99. The molecule has 5 nitrogen and oxygen atoms in total. The molecule has 0 saturated heterocycles. The Morgan fingerprint density at radius 2 is 1.71 bits per heavy atom. The fraction of sp³-hybridized carbons (Fsp3) is 0.467. The Balaban J connectivity index is 0.00000400. The second-order valence-corrected chi connectivity index (χ2v) is 5.37. The van der Waals surface area contributed by atoms with Crippen LogP contribution in [0, 0.1) is 0 Å². The van der Waals surface area contributed by atoms with Crippen molar-refractivity contribution in [3.8, 4) is 0 Å². The van der Waals surface area contributed by atoms with Crippen molar-refractivity contribution in [2.24, 2.45) is 11.5 Å². The molecule has 1 aromatic rings. The maximum atomic E-state index is 12.0. The van der Waals surface area contributed by atoms with Gasteiger partial charge in [-0.15, -0.1) is 12.4 Å². The van der Waals surface area contributed by atoms with E-state index in [1.165, 1.54) is 10.5 Å². The van der Waals surface area contributed by atoms with Crippen molar-refractivity contribution in [2.75, 3.05) is 7.05 Å². The second-order valence-electron chi connectivity index (χ2n) is 5.37. The largest absolute Gasteiger partial charge is 0.370 e. The summed E-state index contributed by atoms with van der Waals surface area (Å²) in [6.07, 6.45) is -0.130. The summed E-state index contributed by atoms with van der Waals surface area (Å²) in [5, 5.41) is 0. The van der Waals surface area contributed by atoms with E-state index in [0.29, 0.717) is 12.5 Å². The summed E-state index contributed by atoms with van der Waals surface area (Å²) in [6, 6.07) is 7.24. The number of hydrogen-bond donors (Lipinski definition) is 2. The maximum absolute atomic E-state index is 12.0. The summed E-state index contributed by atoms with van der Waals surface area (Å²) in [5.74, 6) is -0.371. The van der Waals surface area contributed by atoms with E-state index in [-0.39, 0.29) is 24.7 Å². The van der Waals surface area contributed by atoms with Gasteiger partial charge in [0.1, 0.15) is 0 Å². The number of nitrogens with zero attached hydrogens (tertiary/aromatic N) is 1. The molecule has 2 amide bonds. The van der Waals surface area contributed by atoms with Crippen molar-refractivity contribution < 1.29 is 9.59 Å². The summed E-state index contributed by atoms with van der Waals surface area (Å²) in [4.78, 5) is 24.2. The van der Waals surface area contributed by atoms with Crippen LogP contribution in [0.2, 0.25) is 0 Å². The molecule has 0 aromatic heterocycles. The first-order valence-electron chi connectivity index (χ1n) is 6.69. The lowest BCUT2D eigenvalue weighted by atomic mass is 10.0. The highest BCUT2D eigenvalue weighted by atomic mass is 35.5. The quantitative estimate of drug-likeness (QED) is 0.831. The molecule has 0 aliphatic heterocycles. The Bertz CT molecular complexity index is 474. The summed E-state index contributed by atoms with van der Waals surface area (Å²) in [5.41, 5.74) is 13.0. The van der Waals surface area contributed by atoms with E-state index in [1.54, 1.807) is 7.05 Å². The van der Waals surface area contributed by atoms with Crippen LogP contribution >= 0.6 is 12.4 Å². The fourth-order valence-electron chi connectivity index (χ4n) is 1.95. The van der Waals surface area contributed by atoms with Crippen LogP contribution in [-0.2, 0) is 16.1 Å². The van der Waals surface area contributed by atoms with Gasteiger partial charge in [0.25, 0.3) is 0 Å². The molecule has 1 atom stereocenters. The van der Waals surface area contributed by atoms with E-state index < -0.39 is 11.9 Å². The lowest BCUT2D eigenvalue weighted by Crippen LogP contribution is -2.43. The first kappa shape index (κ1) is 19.4. The van der Waals surface area contributed by atoms with E-state index in [2.05, 4.69) is 26.0 Å². The summed E-state index contributed by atoms with van der Waals surface area (Å²) in [6.45, 7) is 4.73. The SMILES string of the molecule is CC(C)c1ccc(CN(C)C(=O)C(N)CC(N)=O)cc1.Cl. The molecule has 1 aromatic carbocycles. The van der Waals surface area contributed by atoms with Crippen LogP contribution in [0.5, 0.6) is 0 Å². The van der Waals surface area contributed by atoms with Gasteiger partial charge >= 0.3 is 0 Å². The smallest absolute Gasteiger partial charge is 0.240 e. The predicted octanol–water partition coefficient (Wildman–Crippen LogP) is 1.39. The van der Waals surface area contributed by atoms with Gasteiger partial charge in [-0.2, -0.15) is 0 Å². The summed E-state index contributed by atoms with van der Waals surface area (Å²) in [7, 11) is 1.67. The number of halogens is 1. The Morgan fingerprint density at radius 1 is 1.19 bits per heavy atom. The van der Waals surface area contributed by atoms with Crippen molar-refractivity contribution in [3.05, 3.63) is 35.4 Å². The molecule has 1 rings (SSSR count). The molecule has 21 heavy (non-hydrogen) atoms. The standard InChI is InChI=1S/C15H23N3O2.ClH/c1-10(2)12-6-4-11(5-7-12)9-18(3)15(20)13(16)8-14(17)19;/h4-7,10,13H,8-9,16H2,1-3H3,(H2,17,19);1H. The van der Waals surface area contributed by atoms with E-state index in [1.807, 2.05) is 12.1 Å². The highest BCUT2D eigenvalue weighted by Crippen LogP contribution is 2.15. The molecule has 0 spiro atoms. The zero-order chi connectivity index (χ0) is 15.3. The molecule has 0 bridgehead atoms. The van der Waals surface area contributed by atoms with Crippen LogP contribution in [0.25, 0.3) is 0 Å². The third-order valence-corrected chi connectivity index (χ3v) is 3.18. The lowest BCUT2D eigenvalue weighted by molar-refractivity contribution is -0.133. The highest BCUT2D eigenvalue weighted by Gasteiger charge is 2.19. The normalized spacial score (nSPS) is 11.7. The van der Waals surface area contributed by atoms with Gasteiger partial charge in [-0.1, -0.05) is 38.1 Å². The predicted molar refractivity (Wildman–Crippen MR) is 86.0 cm³/mol. The fourth-order valence-corrected chi connectivity index (χ4v) is 1.95. The van der Waals surface area contributed by atoms with Crippen molar-refractivity contribution >= 4 is 24.2 Å². The van der Waals surface area contributed by atoms with Gasteiger partial charge in [0.2, 0.25) is 11.8 Å². The van der Waals surface area contributed by atoms with Gasteiger partial charge in [-0.3, -0.25) is 9.59 Å². The van der Waals surface area contributed by atoms with Crippen LogP contribution in [0.15, 0.2) is 24.3 Å². The van der Waals surface area contributed by atoms with E-state index in [0.717, 1.165) is 5.56 Å². The van der Waals surface area contributed by atoms with Crippen LogP contribution in [0.4, 0.5) is 0 Å². The number of amides is 2. The number of rotatable bonds is 6. The molecule has 4 N–H and O–H groups in total. The maximum Gasteiger partial charge on any atom is 0.240 e. The Morgan fingerprint density at radius 3 is 2.14 bits per heavy atom. The van der Waals surface area contributed by atoms with Crippen LogP contribution in [0.1, 0.15) is 37.3 Å². The third kappa shape index (κ3) is 6.14. The Labute approximate surface area is 132 Å². The van der Waals surface area contributed by atoms with Gasteiger partial charge in [-0.25, -0.2) is 0 Å². The van der Waals surface area contributed by atoms with Crippen LogP contribution in [-0.4, -0.2) is 29.8 Å². The zero-order valence-electron chi connectivity index (χ0n) is 12.7. The zero-order valence-corrected chi connectivity index (χ0v) is 13.5. The van der Waals surface area contributed by atoms with Crippen LogP contribution < -0.4 is 11.5 Å². The van der Waals surface area contributed by atoms with Crippen molar-refractivity contribution in [3.63, 3.8) is 0 Å². The number of primary amides is 1. The Hall–Kier alpha value is -1.59. The highest BCUT2D eigenvalue weighted by molar-refractivity contribution is 5.87. The first-order valence-corrected chi connectivity index (χ1v) is 6.69. The average molecular weight is 314 g/mol. The monoisotopic (exact) mass is 313 g/mol. The minimum atomic E-state index is -0.868. The molecule has 0 aliphatic carbocycles. The summed E-state index contributed by atoms with van der Waals surface area (Å²) >= 11 is 0. The third-order valence-electron chi connectivity index (χ3n) is 3.18. The molecule has 0 fully saturated rings. The van der Waals surface area contributed by atoms with Gasteiger partial charge in [0.15, 0.2) is 0 Å². The average Bonchev–Trinajstić information content (AvgIpc) is 2.37. The number of nitrogens with two attached hydrogens (primary N) is 2. The number of hydrogen-bond acceptors (Lipinski definition) is 3. The van der Waals surface area contributed by atoms with Crippen molar-refractivity contribution in [1.82, 2.24) is 4.90 Å². The van der Waals surface area contributed by atoms with Gasteiger partial charge < -0.3 is 16.4 Å². The topological polar surface area (TPSA) is 89.4 Å². The van der Waals surface area contributed by atoms with Crippen LogP contribution in [0.3, 0.4) is 0 Å².